The summed E-state index contributed by atoms with van der Waals surface area (Å²) < 4.78 is 19.1. The van der Waals surface area contributed by atoms with Crippen molar-refractivity contribution in [2.75, 3.05) is 24.7 Å². The first-order chi connectivity index (χ1) is 20.9. The molecule has 2 aliphatic carbocycles. The number of hydrogen-bond acceptors (Lipinski definition) is 8. The zero-order chi connectivity index (χ0) is 29.2. The fourth-order valence-corrected chi connectivity index (χ4v) is 8.83. The molecule has 4 aromatic rings. The van der Waals surface area contributed by atoms with Gasteiger partial charge in [0.05, 0.1) is 33.5 Å². The standard InChI is InChI=1S/C33H34ClN3O5S/c1-17-3-2-4-25(34)28(17)30-24(31(42-36-30)19-5-6-19)16-41-26-14-22-11-21(26)15-37(22)33-35-29-23(18-7-9-40-10-8-18)12-20(32(38)39)13-27(29)43-33/h2-4,12-13,18-19,21-22,26H,5-11,14-16H2,1H3,(H,38,39)/t21-,22-,26+/m0/s1. The van der Waals surface area contributed by atoms with Gasteiger partial charge in [0.25, 0.3) is 0 Å². The highest BCUT2D eigenvalue weighted by Crippen LogP contribution is 2.48. The SMILES string of the molecule is Cc1cccc(Cl)c1-c1noc(C2CC2)c1CO[C@@H]1C[C@@H]2C[C@H]1CN2c1nc2c(C3CCOCC3)cc(C(=O)O)cc2s1. The van der Waals surface area contributed by atoms with E-state index >= 15 is 0 Å². The van der Waals surface area contributed by atoms with Crippen LogP contribution in [0.1, 0.15) is 83.2 Å². The number of fused-ring (bicyclic) bond motifs is 3. The molecule has 8 rings (SSSR count). The number of thiazole rings is 1. The Balaban J connectivity index is 1.01. The van der Waals surface area contributed by atoms with Crippen LogP contribution < -0.4 is 4.90 Å². The van der Waals surface area contributed by atoms with E-state index in [1.165, 1.54) is 0 Å². The van der Waals surface area contributed by atoms with Gasteiger partial charge in [-0.2, -0.15) is 0 Å². The summed E-state index contributed by atoms with van der Waals surface area (Å²) in [6, 6.07) is 9.90. The number of rotatable bonds is 8. The number of anilines is 1. The topological polar surface area (TPSA) is 97.9 Å². The minimum absolute atomic E-state index is 0.161. The van der Waals surface area contributed by atoms with E-state index < -0.39 is 5.97 Å². The van der Waals surface area contributed by atoms with E-state index in [0.717, 1.165) is 94.1 Å². The van der Waals surface area contributed by atoms with Gasteiger partial charge in [0.1, 0.15) is 11.5 Å². The lowest BCUT2D eigenvalue weighted by Crippen LogP contribution is -2.38. The molecule has 0 spiro atoms. The third kappa shape index (κ3) is 4.94. The average Bonchev–Trinajstić information content (AvgIpc) is 3.32. The minimum atomic E-state index is -0.893. The average molecular weight is 620 g/mol. The van der Waals surface area contributed by atoms with Crippen molar-refractivity contribution in [1.29, 1.82) is 0 Å². The number of hydrogen-bond donors (Lipinski definition) is 1. The number of carboxylic acid groups (broad SMARTS) is 1. The van der Waals surface area contributed by atoms with Crippen LogP contribution in [0.15, 0.2) is 34.9 Å². The molecular weight excluding hydrogens is 586 g/mol. The number of halogens is 1. The number of nitrogens with zero attached hydrogens (tertiary/aromatic N) is 3. The van der Waals surface area contributed by atoms with E-state index in [1.807, 2.05) is 18.2 Å². The Labute approximate surface area is 258 Å². The molecule has 0 unspecified atom stereocenters. The van der Waals surface area contributed by atoms with Crippen LogP contribution in [0.4, 0.5) is 5.13 Å². The summed E-state index contributed by atoms with van der Waals surface area (Å²) >= 11 is 8.25. The molecular formula is C33H34ClN3O5S. The highest BCUT2D eigenvalue weighted by Gasteiger charge is 2.47. The minimum Gasteiger partial charge on any atom is -0.478 e. The number of ether oxygens (including phenoxy) is 2. The quantitative estimate of drug-likeness (QED) is 0.216. The summed E-state index contributed by atoms with van der Waals surface area (Å²) in [5.74, 6) is 1.17. The second-order valence-corrected chi connectivity index (χ2v) is 14.0. The Morgan fingerprint density at radius 2 is 2.00 bits per heavy atom. The van der Waals surface area contributed by atoms with E-state index in [0.29, 0.717) is 48.3 Å². The second kappa shape index (κ2) is 10.9. The zero-order valence-corrected chi connectivity index (χ0v) is 25.6. The number of aryl methyl sites for hydroxylation is 1. The second-order valence-electron chi connectivity index (χ2n) is 12.6. The van der Waals surface area contributed by atoms with Crippen LogP contribution in [-0.2, 0) is 16.1 Å². The van der Waals surface area contributed by atoms with Crippen molar-refractivity contribution in [2.24, 2.45) is 5.92 Å². The first-order valence-electron chi connectivity index (χ1n) is 15.3. The van der Waals surface area contributed by atoms with Crippen LogP contribution in [0, 0.1) is 12.8 Å². The molecule has 2 aromatic heterocycles. The van der Waals surface area contributed by atoms with Crippen molar-refractivity contribution >= 4 is 44.3 Å². The van der Waals surface area contributed by atoms with Crippen molar-refractivity contribution in [3.8, 4) is 11.3 Å². The molecule has 2 aromatic carbocycles. The molecule has 0 amide bonds. The molecule has 4 heterocycles. The van der Waals surface area contributed by atoms with Crippen molar-refractivity contribution in [1.82, 2.24) is 10.1 Å². The molecule has 2 aliphatic heterocycles. The highest BCUT2D eigenvalue weighted by molar-refractivity contribution is 7.22. The molecule has 2 saturated carbocycles. The summed E-state index contributed by atoms with van der Waals surface area (Å²) in [5.41, 5.74) is 6.20. The van der Waals surface area contributed by atoms with Crippen LogP contribution in [-0.4, -0.2) is 53.1 Å². The van der Waals surface area contributed by atoms with Gasteiger partial charge in [-0.1, -0.05) is 40.2 Å². The maximum absolute atomic E-state index is 11.9. The van der Waals surface area contributed by atoms with Gasteiger partial charge in [0.15, 0.2) is 5.13 Å². The van der Waals surface area contributed by atoms with Gasteiger partial charge < -0.3 is 24.0 Å². The summed E-state index contributed by atoms with van der Waals surface area (Å²) in [7, 11) is 0. The van der Waals surface area contributed by atoms with Crippen molar-refractivity contribution in [2.45, 2.75) is 76.0 Å². The fraction of sp³-hybridized carbons (Fsp3) is 0.485. The van der Waals surface area contributed by atoms with Gasteiger partial charge in [-0.15, -0.1) is 0 Å². The van der Waals surface area contributed by atoms with Gasteiger partial charge >= 0.3 is 5.97 Å². The monoisotopic (exact) mass is 619 g/mol. The molecule has 2 bridgehead atoms. The van der Waals surface area contributed by atoms with Crippen LogP contribution in [0.3, 0.4) is 0 Å². The first kappa shape index (κ1) is 27.6. The van der Waals surface area contributed by atoms with Crippen LogP contribution >= 0.6 is 22.9 Å². The number of carbonyl (C=O) groups is 1. The molecule has 4 fully saturated rings. The van der Waals surface area contributed by atoms with E-state index in [-0.39, 0.29) is 12.0 Å². The Morgan fingerprint density at radius 1 is 1.16 bits per heavy atom. The predicted octanol–water partition coefficient (Wildman–Crippen LogP) is 7.57. The van der Waals surface area contributed by atoms with E-state index in [1.54, 1.807) is 17.4 Å². The number of carboxylic acids is 1. The van der Waals surface area contributed by atoms with E-state index in [4.69, 9.17) is 30.6 Å². The van der Waals surface area contributed by atoms with E-state index in [2.05, 4.69) is 23.0 Å². The zero-order valence-electron chi connectivity index (χ0n) is 24.1. The van der Waals surface area contributed by atoms with Crippen LogP contribution in [0.2, 0.25) is 5.02 Å². The van der Waals surface area contributed by atoms with E-state index in [9.17, 15) is 9.90 Å². The number of aromatic carboxylic acids is 1. The van der Waals surface area contributed by atoms with Crippen molar-refractivity contribution < 1.29 is 23.9 Å². The molecule has 1 N–H and O–H groups in total. The molecule has 4 aliphatic rings. The Hall–Kier alpha value is -2.98. The molecule has 224 valence electrons. The van der Waals surface area contributed by atoms with Gasteiger partial charge in [-0.25, -0.2) is 9.78 Å². The van der Waals surface area contributed by atoms with Crippen LogP contribution in [0.5, 0.6) is 0 Å². The lowest BCUT2D eigenvalue weighted by Gasteiger charge is -2.31. The Kier molecular flexibility index (Phi) is 6.97. The lowest BCUT2D eigenvalue weighted by molar-refractivity contribution is 0.0122. The summed E-state index contributed by atoms with van der Waals surface area (Å²) in [4.78, 5) is 19.5. The normalized spacial score (nSPS) is 24.0. The molecule has 10 heteroatoms. The Bertz CT molecular complexity index is 1690. The largest absolute Gasteiger partial charge is 0.478 e. The fourth-order valence-electron chi connectivity index (χ4n) is 7.40. The van der Waals surface area contributed by atoms with Gasteiger partial charge in [-0.3, -0.25) is 0 Å². The molecule has 0 radical (unpaired) electrons. The van der Waals surface area contributed by atoms with Gasteiger partial charge in [0, 0.05) is 48.8 Å². The molecule has 3 atom stereocenters. The summed E-state index contributed by atoms with van der Waals surface area (Å²) in [5, 5.41) is 16.0. The maximum Gasteiger partial charge on any atom is 0.335 e. The third-order valence-electron chi connectivity index (χ3n) is 9.81. The Morgan fingerprint density at radius 3 is 2.72 bits per heavy atom. The van der Waals surface area contributed by atoms with Crippen molar-refractivity contribution in [3.63, 3.8) is 0 Å². The van der Waals surface area contributed by atoms with Gasteiger partial charge in [0.2, 0.25) is 0 Å². The third-order valence-corrected chi connectivity index (χ3v) is 11.2. The first-order valence-corrected chi connectivity index (χ1v) is 16.5. The van der Waals surface area contributed by atoms with Crippen LogP contribution in [0.25, 0.3) is 21.5 Å². The predicted molar refractivity (Wildman–Crippen MR) is 165 cm³/mol. The summed E-state index contributed by atoms with van der Waals surface area (Å²) in [6.45, 7) is 4.82. The highest BCUT2D eigenvalue weighted by atomic mass is 35.5. The summed E-state index contributed by atoms with van der Waals surface area (Å²) in [6.07, 6.45) is 6.21. The van der Waals surface area contributed by atoms with Crippen molar-refractivity contribution in [3.05, 3.63) is 63.4 Å². The van der Waals surface area contributed by atoms with Gasteiger partial charge in [-0.05, 0) is 80.7 Å². The molecule has 2 saturated heterocycles. The molecule has 43 heavy (non-hydrogen) atoms. The molecule has 8 nitrogen and oxygen atoms in total. The smallest absolute Gasteiger partial charge is 0.335 e. The maximum atomic E-state index is 11.9. The number of aromatic nitrogens is 2. The number of benzene rings is 2. The lowest BCUT2D eigenvalue weighted by atomic mass is 9.90. The number of piperidine rings is 1.